The SMILES string of the molecule is CCc1ccc(NC(=O)COc2ccccc2C2C(C#N)=C(N)Oc3n[nH]c(C)c32)cc1. The molecule has 0 radical (unpaired) electrons. The van der Waals surface area contributed by atoms with Crippen molar-refractivity contribution < 1.29 is 14.3 Å². The van der Waals surface area contributed by atoms with Gasteiger partial charge in [0.1, 0.15) is 17.4 Å². The van der Waals surface area contributed by atoms with E-state index in [2.05, 4.69) is 28.5 Å². The Morgan fingerprint density at radius 3 is 2.75 bits per heavy atom. The lowest BCUT2D eigenvalue weighted by atomic mass is 9.83. The number of benzene rings is 2. The van der Waals surface area contributed by atoms with Gasteiger partial charge in [0.2, 0.25) is 11.8 Å². The van der Waals surface area contributed by atoms with Crippen molar-refractivity contribution in [3.05, 3.63) is 82.4 Å². The summed E-state index contributed by atoms with van der Waals surface area (Å²) in [6, 6.07) is 17.1. The Morgan fingerprint density at radius 1 is 1.28 bits per heavy atom. The zero-order valence-corrected chi connectivity index (χ0v) is 17.8. The van der Waals surface area contributed by atoms with Gasteiger partial charge >= 0.3 is 0 Å². The number of para-hydroxylation sites is 1. The number of fused-ring (bicyclic) bond motifs is 1. The molecule has 1 aliphatic rings. The fourth-order valence-electron chi connectivity index (χ4n) is 3.72. The molecule has 0 bridgehead atoms. The summed E-state index contributed by atoms with van der Waals surface area (Å²) in [4.78, 5) is 12.5. The number of nitrogens with zero attached hydrogens (tertiary/aromatic N) is 2. The molecule has 1 unspecified atom stereocenters. The molecule has 3 aromatic rings. The highest BCUT2D eigenvalue weighted by Crippen LogP contribution is 2.45. The van der Waals surface area contributed by atoms with Crippen LogP contribution in [0.5, 0.6) is 11.6 Å². The molecule has 4 rings (SSSR count). The van der Waals surface area contributed by atoms with Gasteiger partial charge in [0.15, 0.2) is 6.61 Å². The normalized spacial score (nSPS) is 14.8. The highest BCUT2D eigenvalue weighted by Gasteiger charge is 2.35. The molecule has 8 heteroatoms. The molecule has 0 spiro atoms. The first-order valence-corrected chi connectivity index (χ1v) is 10.2. The van der Waals surface area contributed by atoms with E-state index in [1.807, 2.05) is 49.4 Å². The van der Waals surface area contributed by atoms with Crippen LogP contribution in [0.3, 0.4) is 0 Å². The van der Waals surface area contributed by atoms with Gasteiger partial charge in [0, 0.05) is 22.5 Å². The van der Waals surface area contributed by atoms with Crippen LogP contribution in [0, 0.1) is 18.3 Å². The Hall–Kier alpha value is -4.25. The van der Waals surface area contributed by atoms with Crippen LogP contribution in [0.2, 0.25) is 0 Å². The molecule has 0 fully saturated rings. The first-order chi connectivity index (χ1) is 15.5. The van der Waals surface area contributed by atoms with Crippen molar-refractivity contribution in [1.29, 1.82) is 5.26 Å². The molecule has 162 valence electrons. The Balaban J connectivity index is 1.57. The number of nitrogens with one attached hydrogen (secondary N) is 2. The van der Waals surface area contributed by atoms with Gasteiger partial charge in [0.05, 0.1) is 5.92 Å². The van der Waals surface area contributed by atoms with Gasteiger partial charge in [-0.15, -0.1) is 5.10 Å². The van der Waals surface area contributed by atoms with Crippen LogP contribution in [-0.4, -0.2) is 22.7 Å². The van der Waals surface area contributed by atoms with Crippen molar-refractivity contribution in [1.82, 2.24) is 10.2 Å². The minimum absolute atomic E-state index is 0.000396. The molecular formula is C24H23N5O3. The number of carbonyl (C=O) groups excluding carboxylic acids is 1. The molecule has 0 aliphatic carbocycles. The number of nitriles is 1. The summed E-state index contributed by atoms with van der Waals surface area (Å²) >= 11 is 0. The third kappa shape index (κ3) is 4.01. The Bertz CT molecular complexity index is 1220. The molecule has 0 saturated heterocycles. The largest absolute Gasteiger partial charge is 0.483 e. The predicted octanol–water partition coefficient (Wildman–Crippen LogP) is 3.52. The molecule has 2 aromatic carbocycles. The molecule has 0 saturated carbocycles. The van der Waals surface area contributed by atoms with Crippen LogP contribution in [0.1, 0.15) is 35.2 Å². The second-order valence-electron chi connectivity index (χ2n) is 7.42. The van der Waals surface area contributed by atoms with Crippen LogP contribution in [0.4, 0.5) is 5.69 Å². The maximum absolute atomic E-state index is 12.5. The van der Waals surface area contributed by atoms with Crippen LogP contribution >= 0.6 is 0 Å². The van der Waals surface area contributed by atoms with Crippen molar-refractivity contribution >= 4 is 11.6 Å². The van der Waals surface area contributed by atoms with Crippen molar-refractivity contribution in [3.63, 3.8) is 0 Å². The number of ether oxygens (including phenoxy) is 2. The number of hydrogen-bond acceptors (Lipinski definition) is 6. The van der Waals surface area contributed by atoms with E-state index in [1.54, 1.807) is 6.07 Å². The lowest BCUT2D eigenvalue weighted by Gasteiger charge is -2.25. The maximum atomic E-state index is 12.5. The molecular weight excluding hydrogens is 406 g/mol. The van der Waals surface area contributed by atoms with Crippen molar-refractivity contribution in [2.75, 3.05) is 11.9 Å². The first kappa shape index (κ1) is 21.0. The van der Waals surface area contributed by atoms with E-state index in [0.29, 0.717) is 28.4 Å². The molecule has 2 heterocycles. The van der Waals surface area contributed by atoms with E-state index in [4.69, 9.17) is 15.2 Å². The molecule has 4 N–H and O–H groups in total. The number of aromatic amines is 1. The number of amides is 1. The van der Waals surface area contributed by atoms with Crippen LogP contribution in [-0.2, 0) is 11.2 Å². The number of aryl methyl sites for hydroxylation is 2. The standard InChI is InChI=1S/C24H23N5O3/c1-3-15-8-10-16(11-9-15)27-20(30)13-31-19-7-5-4-6-17(19)22-18(12-25)23(26)32-24-21(22)14(2)28-29-24/h4-11,22H,3,13,26H2,1-2H3,(H,27,30)(H,28,29). The zero-order valence-electron chi connectivity index (χ0n) is 17.8. The highest BCUT2D eigenvalue weighted by atomic mass is 16.5. The summed E-state index contributed by atoms with van der Waals surface area (Å²) in [5.41, 5.74) is 10.3. The predicted molar refractivity (Wildman–Crippen MR) is 119 cm³/mol. The van der Waals surface area contributed by atoms with E-state index in [0.717, 1.165) is 12.1 Å². The van der Waals surface area contributed by atoms with E-state index < -0.39 is 5.92 Å². The van der Waals surface area contributed by atoms with Crippen LogP contribution in [0.25, 0.3) is 0 Å². The molecule has 1 atom stereocenters. The third-order valence-corrected chi connectivity index (χ3v) is 5.36. The average molecular weight is 429 g/mol. The topological polar surface area (TPSA) is 126 Å². The lowest BCUT2D eigenvalue weighted by Crippen LogP contribution is -2.23. The number of nitrogens with two attached hydrogens (primary N) is 1. The fraction of sp³-hybridized carbons (Fsp3) is 0.208. The fourth-order valence-corrected chi connectivity index (χ4v) is 3.72. The second kappa shape index (κ2) is 8.86. The average Bonchev–Trinajstić information content (AvgIpc) is 3.17. The molecule has 32 heavy (non-hydrogen) atoms. The Kier molecular flexibility index (Phi) is 5.81. The summed E-state index contributed by atoms with van der Waals surface area (Å²) in [5.74, 6) is -0.00949. The van der Waals surface area contributed by atoms with Gasteiger partial charge in [-0.1, -0.05) is 37.3 Å². The number of rotatable bonds is 6. The van der Waals surface area contributed by atoms with Gasteiger partial charge in [-0.05, 0) is 37.1 Å². The van der Waals surface area contributed by atoms with Gasteiger partial charge in [0.25, 0.3) is 5.91 Å². The Labute approximate surface area is 185 Å². The first-order valence-electron chi connectivity index (χ1n) is 10.2. The van der Waals surface area contributed by atoms with Crippen LogP contribution in [0.15, 0.2) is 60.0 Å². The molecule has 8 nitrogen and oxygen atoms in total. The van der Waals surface area contributed by atoms with Gasteiger partial charge in [-0.2, -0.15) is 5.26 Å². The van der Waals surface area contributed by atoms with Crippen molar-refractivity contribution in [2.45, 2.75) is 26.2 Å². The van der Waals surface area contributed by atoms with E-state index in [9.17, 15) is 10.1 Å². The quantitative estimate of drug-likeness (QED) is 0.550. The molecule has 1 aromatic heterocycles. The number of aromatic nitrogens is 2. The summed E-state index contributed by atoms with van der Waals surface area (Å²) < 4.78 is 11.4. The number of carbonyl (C=O) groups is 1. The monoisotopic (exact) mass is 429 g/mol. The second-order valence-corrected chi connectivity index (χ2v) is 7.42. The number of H-pyrrole nitrogens is 1. The maximum Gasteiger partial charge on any atom is 0.262 e. The van der Waals surface area contributed by atoms with Crippen molar-refractivity contribution in [3.8, 4) is 17.7 Å². The summed E-state index contributed by atoms with van der Waals surface area (Å²) in [6.45, 7) is 3.74. The van der Waals surface area contributed by atoms with Gasteiger partial charge < -0.3 is 20.5 Å². The number of anilines is 1. The lowest BCUT2D eigenvalue weighted by molar-refractivity contribution is -0.118. The molecule has 1 amide bonds. The van der Waals surface area contributed by atoms with E-state index in [1.165, 1.54) is 5.56 Å². The van der Waals surface area contributed by atoms with Crippen molar-refractivity contribution in [2.24, 2.45) is 5.73 Å². The number of allylic oxidation sites excluding steroid dienone is 1. The van der Waals surface area contributed by atoms with Gasteiger partial charge in [-0.3, -0.25) is 9.89 Å². The minimum Gasteiger partial charge on any atom is -0.483 e. The molecule has 1 aliphatic heterocycles. The van der Waals surface area contributed by atoms with E-state index in [-0.39, 0.29) is 24.0 Å². The smallest absolute Gasteiger partial charge is 0.262 e. The zero-order chi connectivity index (χ0) is 22.7. The summed E-state index contributed by atoms with van der Waals surface area (Å²) in [5, 5.41) is 19.6. The highest BCUT2D eigenvalue weighted by molar-refractivity contribution is 5.91. The minimum atomic E-state index is -0.525. The summed E-state index contributed by atoms with van der Waals surface area (Å²) in [6.07, 6.45) is 0.932. The number of hydrogen-bond donors (Lipinski definition) is 3. The Morgan fingerprint density at radius 2 is 2.03 bits per heavy atom. The summed E-state index contributed by atoms with van der Waals surface area (Å²) in [7, 11) is 0. The van der Waals surface area contributed by atoms with Crippen LogP contribution < -0.4 is 20.5 Å². The third-order valence-electron chi connectivity index (χ3n) is 5.36. The van der Waals surface area contributed by atoms with E-state index >= 15 is 0 Å². The van der Waals surface area contributed by atoms with Gasteiger partial charge in [-0.25, -0.2) is 0 Å².